The number of hydrogen-bond acceptors (Lipinski definition) is 2. The van der Waals surface area contributed by atoms with Gasteiger partial charge in [0.2, 0.25) is 0 Å². The van der Waals surface area contributed by atoms with E-state index in [9.17, 15) is 0 Å². The van der Waals surface area contributed by atoms with Crippen molar-refractivity contribution in [3.63, 3.8) is 0 Å². The number of hydrogen-bond donors (Lipinski definition) is 1. The van der Waals surface area contributed by atoms with Crippen LogP contribution >= 0.6 is 0 Å². The van der Waals surface area contributed by atoms with Crippen LogP contribution in [0, 0.1) is 0 Å². The van der Waals surface area contributed by atoms with E-state index < -0.39 is 0 Å². The van der Waals surface area contributed by atoms with Gasteiger partial charge in [0, 0.05) is 19.2 Å². The summed E-state index contributed by atoms with van der Waals surface area (Å²) >= 11 is 0. The van der Waals surface area contributed by atoms with E-state index in [1.165, 1.54) is 0 Å². The summed E-state index contributed by atoms with van der Waals surface area (Å²) in [5.41, 5.74) is 0. The van der Waals surface area contributed by atoms with Gasteiger partial charge >= 0.3 is 0 Å². The lowest BCUT2D eigenvalue weighted by Crippen LogP contribution is -2.27. The minimum Gasteiger partial charge on any atom is -0.396 e. The lowest BCUT2D eigenvalue weighted by atomic mass is 10.3. The molecule has 0 aromatic carbocycles. The number of aliphatic hydroxyl groups excluding tert-OH is 1. The van der Waals surface area contributed by atoms with Crippen molar-refractivity contribution in [2.75, 3.05) is 20.2 Å². The average Bonchev–Trinajstić information content (AvgIpc) is 2.03. The van der Waals surface area contributed by atoms with Crippen LogP contribution in [0.3, 0.4) is 0 Å². The Morgan fingerprint density at radius 3 is 2.00 bits per heavy atom. The molecule has 0 aliphatic rings. The van der Waals surface area contributed by atoms with Crippen molar-refractivity contribution >= 4 is 0 Å². The van der Waals surface area contributed by atoms with Crippen LogP contribution in [0.15, 0.2) is 0 Å². The molecule has 11 heavy (non-hydrogen) atoms. The smallest absolute Gasteiger partial charge is 0.0443 e. The molecule has 0 aromatic heterocycles. The topological polar surface area (TPSA) is 23.5 Å². The molecule has 0 aromatic rings. The summed E-state index contributed by atoms with van der Waals surface area (Å²) in [6.45, 7) is 9.60. The molecule has 0 saturated carbocycles. The predicted octanol–water partition coefficient (Wildman–Crippen LogP) is 1.74. The van der Waals surface area contributed by atoms with Crippen LogP contribution in [0.1, 0.15) is 34.1 Å². The SMILES string of the molecule is CC.CC(C)N(C)CCCO. The van der Waals surface area contributed by atoms with Crippen LogP contribution in [0.4, 0.5) is 0 Å². The Hall–Kier alpha value is -0.0800. The van der Waals surface area contributed by atoms with Crippen LogP contribution in [0.25, 0.3) is 0 Å². The summed E-state index contributed by atoms with van der Waals surface area (Å²) in [7, 11) is 2.07. The molecule has 0 aliphatic carbocycles. The number of rotatable bonds is 4. The highest BCUT2D eigenvalue weighted by Gasteiger charge is 1.99. The molecule has 0 unspecified atom stereocenters. The third kappa shape index (κ3) is 9.92. The van der Waals surface area contributed by atoms with Crippen molar-refractivity contribution in [2.45, 2.75) is 40.2 Å². The van der Waals surface area contributed by atoms with Crippen molar-refractivity contribution in [2.24, 2.45) is 0 Å². The highest BCUT2D eigenvalue weighted by molar-refractivity contribution is 4.55. The summed E-state index contributed by atoms with van der Waals surface area (Å²) in [4.78, 5) is 2.22. The largest absolute Gasteiger partial charge is 0.396 e. The van der Waals surface area contributed by atoms with Gasteiger partial charge in [0.05, 0.1) is 0 Å². The fourth-order valence-corrected chi connectivity index (χ4v) is 0.578. The van der Waals surface area contributed by atoms with Crippen molar-refractivity contribution < 1.29 is 5.11 Å². The number of aliphatic hydroxyl groups is 1. The first-order valence-corrected chi connectivity index (χ1v) is 4.49. The van der Waals surface area contributed by atoms with Gasteiger partial charge in [-0.1, -0.05) is 13.8 Å². The molecule has 70 valence electrons. The Morgan fingerprint density at radius 1 is 1.27 bits per heavy atom. The first-order chi connectivity index (χ1) is 5.18. The fourth-order valence-electron chi connectivity index (χ4n) is 0.578. The van der Waals surface area contributed by atoms with E-state index >= 15 is 0 Å². The zero-order valence-electron chi connectivity index (χ0n) is 8.59. The average molecular weight is 161 g/mol. The third-order valence-electron chi connectivity index (χ3n) is 1.55. The molecular formula is C9H23NO. The van der Waals surface area contributed by atoms with Crippen LogP contribution in [0.2, 0.25) is 0 Å². The highest BCUT2D eigenvalue weighted by Crippen LogP contribution is 1.93. The first-order valence-electron chi connectivity index (χ1n) is 4.49. The maximum Gasteiger partial charge on any atom is 0.0443 e. The second-order valence-electron chi connectivity index (χ2n) is 2.65. The third-order valence-corrected chi connectivity index (χ3v) is 1.55. The molecule has 0 radical (unpaired) electrons. The predicted molar refractivity (Wildman–Crippen MR) is 50.8 cm³/mol. The molecular weight excluding hydrogens is 138 g/mol. The van der Waals surface area contributed by atoms with Crippen molar-refractivity contribution in [1.82, 2.24) is 4.90 Å². The Morgan fingerprint density at radius 2 is 1.73 bits per heavy atom. The van der Waals surface area contributed by atoms with Crippen molar-refractivity contribution in [1.29, 1.82) is 0 Å². The molecule has 0 bridgehead atoms. The Balaban J connectivity index is 0. The van der Waals surface area contributed by atoms with Crippen LogP contribution < -0.4 is 0 Å². The molecule has 0 amide bonds. The van der Waals surface area contributed by atoms with Crippen LogP contribution in [0.5, 0.6) is 0 Å². The molecule has 2 heteroatoms. The molecule has 0 saturated heterocycles. The molecule has 0 rings (SSSR count). The molecule has 1 N–H and O–H groups in total. The van der Waals surface area contributed by atoms with Gasteiger partial charge < -0.3 is 10.0 Å². The van der Waals surface area contributed by atoms with Crippen molar-refractivity contribution in [3.8, 4) is 0 Å². The van der Waals surface area contributed by atoms with Gasteiger partial charge in [0.25, 0.3) is 0 Å². The minimum atomic E-state index is 0.303. The summed E-state index contributed by atoms with van der Waals surface area (Å²) in [5, 5.41) is 8.47. The minimum absolute atomic E-state index is 0.303. The van der Waals surface area contributed by atoms with Gasteiger partial charge in [-0.05, 0) is 27.3 Å². The maximum atomic E-state index is 8.47. The Kier molecular flexibility index (Phi) is 12.2. The van der Waals surface area contributed by atoms with E-state index in [0.717, 1.165) is 13.0 Å². The lowest BCUT2D eigenvalue weighted by Gasteiger charge is -2.19. The van der Waals surface area contributed by atoms with Gasteiger partial charge in [0.1, 0.15) is 0 Å². The normalized spacial score (nSPS) is 9.82. The monoisotopic (exact) mass is 161 g/mol. The summed E-state index contributed by atoms with van der Waals surface area (Å²) in [5.74, 6) is 0. The molecule has 0 aliphatic heterocycles. The first kappa shape index (κ1) is 13.5. The maximum absolute atomic E-state index is 8.47. The number of nitrogens with zero attached hydrogens (tertiary/aromatic N) is 1. The summed E-state index contributed by atoms with van der Waals surface area (Å²) < 4.78 is 0. The van der Waals surface area contributed by atoms with E-state index in [2.05, 4.69) is 25.8 Å². The Bertz CT molecular complexity index is 64.6. The zero-order chi connectivity index (χ0) is 9.28. The molecule has 2 nitrogen and oxygen atoms in total. The van der Waals surface area contributed by atoms with E-state index in [-0.39, 0.29) is 0 Å². The van der Waals surface area contributed by atoms with Gasteiger partial charge in [-0.3, -0.25) is 0 Å². The lowest BCUT2D eigenvalue weighted by molar-refractivity contribution is 0.223. The van der Waals surface area contributed by atoms with Gasteiger partial charge in [0.15, 0.2) is 0 Å². The van der Waals surface area contributed by atoms with E-state index in [4.69, 9.17) is 5.11 Å². The second kappa shape index (κ2) is 9.92. The van der Waals surface area contributed by atoms with E-state index in [1.807, 2.05) is 13.8 Å². The molecule has 0 heterocycles. The van der Waals surface area contributed by atoms with E-state index in [0.29, 0.717) is 12.6 Å². The van der Waals surface area contributed by atoms with Crippen LogP contribution in [-0.4, -0.2) is 36.2 Å². The van der Waals surface area contributed by atoms with Crippen molar-refractivity contribution in [3.05, 3.63) is 0 Å². The molecule has 0 atom stereocenters. The van der Waals surface area contributed by atoms with Crippen LogP contribution in [-0.2, 0) is 0 Å². The summed E-state index contributed by atoms with van der Waals surface area (Å²) in [6, 6.07) is 0.594. The summed E-state index contributed by atoms with van der Waals surface area (Å²) in [6.07, 6.45) is 0.884. The van der Waals surface area contributed by atoms with E-state index in [1.54, 1.807) is 0 Å². The fraction of sp³-hybridized carbons (Fsp3) is 1.00. The van der Waals surface area contributed by atoms with Gasteiger partial charge in [-0.2, -0.15) is 0 Å². The molecule has 0 fully saturated rings. The highest BCUT2D eigenvalue weighted by atomic mass is 16.3. The quantitative estimate of drug-likeness (QED) is 0.679. The standard InChI is InChI=1S/C7H17NO.C2H6/c1-7(2)8(3)5-4-6-9;1-2/h7,9H,4-6H2,1-3H3;1-2H3. The molecule has 0 spiro atoms. The Labute approximate surface area is 71.2 Å². The zero-order valence-corrected chi connectivity index (χ0v) is 8.59. The van der Waals surface area contributed by atoms with Gasteiger partial charge in [-0.15, -0.1) is 0 Å². The van der Waals surface area contributed by atoms with Gasteiger partial charge in [-0.25, -0.2) is 0 Å². The second-order valence-corrected chi connectivity index (χ2v) is 2.65.